The molecular formula is C13H32N6. The smallest absolute Gasteiger partial charge is 0.0192 e. The Bertz CT molecular complexity index is 221. The van der Waals surface area contributed by atoms with Crippen molar-refractivity contribution in [1.29, 1.82) is 0 Å². The molecule has 0 spiro atoms. The summed E-state index contributed by atoms with van der Waals surface area (Å²) in [5, 5.41) is 0. The maximum atomic E-state index is 5.55. The topological polar surface area (TPSA) is 156 Å². The Balaban J connectivity index is 0.000000143. The Kier molecular flexibility index (Phi) is 7.20. The molecule has 3 rings (SSSR count). The van der Waals surface area contributed by atoms with E-state index in [4.69, 9.17) is 34.4 Å². The molecule has 3 fully saturated rings. The van der Waals surface area contributed by atoms with E-state index in [-0.39, 0.29) is 0 Å². The third-order valence-corrected chi connectivity index (χ3v) is 4.22. The summed E-state index contributed by atoms with van der Waals surface area (Å²) in [6.07, 6.45) is 7.78. The lowest BCUT2D eigenvalue weighted by atomic mass is 9.88. The molecule has 0 saturated heterocycles. The van der Waals surface area contributed by atoms with Gasteiger partial charge in [-0.05, 0) is 38.5 Å². The monoisotopic (exact) mass is 272 g/mol. The van der Waals surface area contributed by atoms with Gasteiger partial charge in [0, 0.05) is 36.3 Å². The third kappa shape index (κ3) is 6.16. The minimum Gasteiger partial charge on any atom is -0.328 e. The van der Waals surface area contributed by atoms with Crippen molar-refractivity contribution in [1.82, 2.24) is 0 Å². The first-order chi connectivity index (χ1) is 8.90. The van der Waals surface area contributed by atoms with E-state index in [9.17, 15) is 0 Å². The summed E-state index contributed by atoms with van der Waals surface area (Å²) < 4.78 is 0. The first-order valence-corrected chi connectivity index (χ1v) is 7.43. The molecule has 4 unspecified atom stereocenters. The summed E-state index contributed by atoms with van der Waals surface area (Å²) >= 11 is 0. The molecule has 114 valence electrons. The van der Waals surface area contributed by atoms with Gasteiger partial charge in [-0.15, -0.1) is 0 Å². The van der Waals surface area contributed by atoms with E-state index >= 15 is 0 Å². The van der Waals surface area contributed by atoms with Crippen LogP contribution in [0.25, 0.3) is 0 Å². The van der Waals surface area contributed by atoms with Crippen LogP contribution in [0.5, 0.6) is 0 Å². The van der Waals surface area contributed by atoms with E-state index in [1.807, 2.05) is 0 Å². The zero-order valence-corrected chi connectivity index (χ0v) is 11.9. The molecule has 0 aliphatic heterocycles. The van der Waals surface area contributed by atoms with Gasteiger partial charge in [0.1, 0.15) is 0 Å². The minimum absolute atomic E-state index is 0.292. The lowest BCUT2D eigenvalue weighted by molar-refractivity contribution is 0.347. The fraction of sp³-hybridized carbons (Fsp3) is 1.00. The van der Waals surface area contributed by atoms with Gasteiger partial charge in [-0.25, -0.2) is 0 Å². The predicted molar refractivity (Wildman–Crippen MR) is 80.2 cm³/mol. The highest BCUT2D eigenvalue weighted by Crippen LogP contribution is 2.14. The van der Waals surface area contributed by atoms with E-state index in [1.54, 1.807) is 0 Å². The highest BCUT2D eigenvalue weighted by Gasteiger charge is 2.22. The SMILES string of the molecule is NC1CC(N)C1.NC1CCC1N.NC1CCCC1N. The van der Waals surface area contributed by atoms with E-state index in [0.717, 1.165) is 38.5 Å². The standard InChI is InChI=1S/C5H12N2.2C4H10N2/c6-4-2-1-3-5(4)7;5-3-1-4(6)2-3;5-3-1-2-4(3)6/h4-5H,1-3,6-7H2;2*3-4H,1-2,5-6H2. The summed E-state index contributed by atoms with van der Waals surface area (Å²) in [7, 11) is 0. The van der Waals surface area contributed by atoms with Gasteiger partial charge in [0.2, 0.25) is 0 Å². The van der Waals surface area contributed by atoms with Gasteiger partial charge < -0.3 is 34.4 Å². The molecule has 0 aromatic heterocycles. The molecule has 19 heavy (non-hydrogen) atoms. The molecule has 3 saturated carbocycles. The van der Waals surface area contributed by atoms with Crippen molar-refractivity contribution in [2.24, 2.45) is 34.4 Å². The van der Waals surface area contributed by atoms with Gasteiger partial charge in [0.15, 0.2) is 0 Å². The van der Waals surface area contributed by atoms with Gasteiger partial charge in [0.05, 0.1) is 0 Å². The van der Waals surface area contributed by atoms with E-state index in [0.29, 0.717) is 36.3 Å². The van der Waals surface area contributed by atoms with Crippen LogP contribution in [0, 0.1) is 0 Å². The molecule has 3 aliphatic rings. The maximum Gasteiger partial charge on any atom is 0.0192 e. The van der Waals surface area contributed by atoms with Crippen LogP contribution < -0.4 is 34.4 Å². The Labute approximate surface area is 116 Å². The first kappa shape index (κ1) is 16.8. The van der Waals surface area contributed by atoms with E-state index in [1.165, 1.54) is 6.42 Å². The molecule has 0 bridgehead atoms. The molecule has 0 radical (unpaired) electrons. The molecule has 3 aliphatic carbocycles. The first-order valence-electron chi connectivity index (χ1n) is 7.43. The summed E-state index contributed by atoms with van der Waals surface area (Å²) in [5.74, 6) is 0. The van der Waals surface area contributed by atoms with Gasteiger partial charge in [-0.1, -0.05) is 6.42 Å². The second-order valence-electron chi connectivity index (χ2n) is 6.16. The quantitative estimate of drug-likeness (QED) is 0.321. The second kappa shape index (κ2) is 8.14. The molecular weight excluding hydrogens is 240 g/mol. The lowest BCUT2D eigenvalue weighted by Crippen LogP contribution is -2.49. The van der Waals surface area contributed by atoms with Crippen LogP contribution in [-0.2, 0) is 0 Å². The van der Waals surface area contributed by atoms with E-state index in [2.05, 4.69) is 0 Å². The van der Waals surface area contributed by atoms with Gasteiger partial charge in [-0.2, -0.15) is 0 Å². The largest absolute Gasteiger partial charge is 0.328 e. The Morgan fingerprint density at radius 3 is 0.842 bits per heavy atom. The van der Waals surface area contributed by atoms with E-state index < -0.39 is 0 Å². The Morgan fingerprint density at radius 2 is 0.789 bits per heavy atom. The van der Waals surface area contributed by atoms with Crippen LogP contribution in [0.3, 0.4) is 0 Å². The highest BCUT2D eigenvalue weighted by atomic mass is 14.8. The summed E-state index contributed by atoms with van der Waals surface area (Å²) in [6.45, 7) is 0. The molecule has 4 atom stereocenters. The normalized spacial score (nSPS) is 43.9. The van der Waals surface area contributed by atoms with Gasteiger partial charge >= 0.3 is 0 Å². The predicted octanol–water partition coefficient (Wildman–Crippen LogP) is -1.31. The van der Waals surface area contributed by atoms with Crippen LogP contribution in [0.2, 0.25) is 0 Å². The van der Waals surface area contributed by atoms with Crippen LogP contribution in [0.1, 0.15) is 44.9 Å². The van der Waals surface area contributed by atoms with Gasteiger partial charge in [-0.3, -0.25) is 0 Å². The second-order valence-corrected chi connectivity index (χ2v) is 6.16. The number of hydrogen-bond acceptors (Lipinski definition) is 6. The number of rotatable bonds is 0. The van der Waals surface area contributed by atoms with Crippen LogP contribution >= 0.6 is 0 Å². The molecule has 12 N–H and O–H groups in total. The maximum absolute atomic E-state index is 5.55. The van der Waals surface area contributed by atoms with Crippen molar-refractivity contribution < 1.29 is 0 Å². The van der Waals surface area contributed by atoms with Crippen LogP contribution in [0.15, 0.2) is 0 Å². The number of nitrogens with two attached hydrogens (primary N) is 6. The average molecular weight is 272 g/mol. The number of hydrogen-bond donors (Lipinski definition) is 6. The Hall–Kier alpha value is -0.240. The zero-order valence-electron chi connectivity index (χ0n) is 11.9. The zero-order chi connectivity index (χ0) is 14.4. The fourth-order valence-corrected chi connectivity index (χ4v) is 2.28. The molecule has 0 aromatic rings. The van der Waals surface area contributed by atoms with Crippen molar-refractivity contribution >= 4 is 0 Å². The van der Waals surface area contributed by atoms with Crippen molar-refractivity contribution in [3.8, 4) is 0 Å². The Morgan fingerprint density at radius 1 is 0.474 bits per heavy atom. The van der Waals surface area contributed by atoms with Crippen LogP contribution in [0.4, 0.5) is 0 Å². The van der Waals surface area contributed by atoms with Crippen molar-refractivity contribution in [3.05, 3.63) is 0 Å². The van der Waals surface area contributed by atoms with Crippen molar-refractivity contribution in [2.75, 3.05) is 0 Å². The average Bonchev–Trinajstić information content (AvgIpc) is 2.72. The third-order valence-electron chi connectivity index (χ3n) is 4.22. The molecule has 0 heterocycles. The lowest BCUT2D eigenvalue weighted by Gasteiger charge is -2.29. The highest BCUT2D eigenvalue weighted by molar-refractivity contribution is 4.86. The molecule has 0 aromatic carbocycles. The molecule has 6 nitrogen and oxygen atoms in total. The molecule has 6 heteroatoms. The minimum atomic E-state index is 0.292. The molecule has 0 amide bonds. The summed E-state index contributed by atoms with van der Waals surface area (Å²) in [4.78, 5) is 0. The van der Waals surface area contributed by atoms with Crippen molar-refractivity contribution in [3.63, 3.8) is 0 Å². The fourth-order valence-electron chi connectivity index (χ4n) is 2.28. The summed E-state index contributed by atoms with van der Waals surface area (Å²) in [6, 6.07) is 2.04. The van der Waals surface area contributed by atoms with Crippen molar-refractivity contribution in [2.45, 2.75) is 81.2 Å². The summed E-state index contributed by atoms with van der Waals surface area (Å²) in [5.41, 5.74) is 32.7. The van der Waals surface area contributed by atoms with Crippen LogP contribution in [-0.4, -0.2) is 36.3 Å². The van der Waals surface area contributed by atoms with Gasteiger partial charge in [0.25, 0.3) is 0 Å².